The number of aromatic nitrogens is 1. The topological polar surface area (TPSA) is 65.6 Å². The molecule has 30 heavy (non-hydrogen) atoms. The largest absolute Gasteiger partial charge is 0.497 e. The maximum absolute atomic E-state index is 12.8. The lowest BCUT2D eigenvalue weighted by atomic mass is 10.0. The number of methoxy groups -OCH3 is 1. The summed E-state index contributed by atoms with van der Waals surface area (Å²) in [6.45, 7) is 4.03. The molecule has 0 atom stereocenters. The van der Waals surface area contributed by atoms with Gasteiger partial charge in [0.15, 0.2) is 0 Å². The van der Waals surface area contributed by atoms with Gasteiger partial charge < -0.3 is 19.5 Å². The summed E-state index contributed by atoms with van der Waals surface area (Å²) in [5, 5.41) is 1.15. The molecule has 1 fully saturated rings. The van der Waals surface area contributed by atoms with Crippen molar-refractivity contribution in [3.63, 3.8) is 0 Å². The zero-order valence-corrected chi connectivity index (χ0v) is 17.5. The maximum atomic E-state index is 12.8. The molecule has 1 aromatic heterocycles. The van der Waals surface area contributed by atoms with Gasteiger partial charge in [-0.3, -0.25) is 9.59 Å². The smallest absolute Gasteiger partial charge is 0.223 e. The third-order valence-electron chi connectivity index (χ3n) is 5.86. The molecule has 0 spiro atoms. The van der Waals surface area contributed by atoms with Crippen LogP contribution in [0.1, 0.15) is 18.9 Å². The van der Waals surface area contributed by atoms with Crippen LogP contribution in [0.25, 0.3) is 22.2 Å². The van der Waals surface area contributed by atoms with Gasteiger partial charge in [0, 0.05) is 56.1 Å². The van der Waals surface area contributed by atoms with Gasteiger partial charge in [0.2, 0.25) is 11.8 Å². The Kier molecular flexibility index (Phi) is 5.74. The van der Waals surface area contributed by atoms with E-state index in [1.807, 2.05) is 41.3 Å². The molecule has 1 aliphatic heterocycles. The summed E-state index contributed by atoms with van der Waals surface area (Å²) in [7, 11) is 1.66. The van der Waals surface area contributed by atoms with E-state index in [-0.39, 0.29) is 11.8 Å². The second-order valence-corrected chi connectivity index (χ2v) is 7.64. The van der Waals surface area contributed by atoms with Crippen molar-refractivity contribution in [2.24, 2.45) is 0 Å². The number of carbonyl (C=O) groups excluding carboxylic acids is 2. The molecule has 4 rings (SSSR count). The first-order chi connectivity index (χ1) is 14.6. The van der Waals surface area contributed by atoms with Gasteiger partial charge >= 0.3 is 0 Å². The first-order valence-corrected chi connectivity index (χ1v) is 10.3. The maximum Gasteiger partial charge on any atom is 0.223 e. The van der Waals surface area contributed by atoms with Crippen LogP contribution < -0.4 is 4.74 Å². The Labute approximate surface area is 176 Å². The lowest BCUT2D eigenvalue weighted by molar-refractivity contribution is -0.138. The molecular formula is C24H27N3O3. The van der Waals surface area contributed by atoms with Crippen LogP contribution in [0.3, 0.4) is 0 Å². The number of carbonyl (C=O) groups is 2. The molecule has 2 aromatic carbocycles. The van der Waals surface area contributed by atoms with E-state index in [1.165, 1.54) is 0 Å². The molecule has 1 N–H and O–H groups in total. The highest BCUT2D eigenvalue weighted by Gasteiger charge is 2.23. The number of aryl methyl sites for hydroxylation is 1. The second-order valence-electron chi connectivity index (χ2n) is 7.64. The van der Waals surface area contributed by atoms with E-state index in [1.54, 1.807) is 18.9 Å². The van der Waals surface area contributed by atoms with Gasteiger partial charge in [-0.1, -0.05) is 18.2 Å². The fourth-order valence-corrected chi connectivity index (χ4v) is 4.12. The molecule has 2 amide bonds. The van der Waals surface area contributed by atoms with Gasteiger partial charge in [0.25, 0.3) is 0 Å². The Morgan fingerprint density at radius 2 is 1.63 bits per heavy atom. The highest BCUT2D eigenvalue weighted by molar-refractivity contribution is 5.91. The van der Waals surface area contributed by atoms with Crippen LogP contribution in [0.4, 0.5) is 0 Å². The van der Waals surface area contributed by atoms with Crippen molar-refractivity contribution in [3.05, 3.63) is 54.1 Å². The number of ether oxygens (including phenoxy) is 1. The lowest BCUT2D eigenvalue weighted by Crippen LogP contribution is -2.50. The molecule has 2 heterocycles. The molecule has 3 aromatic rings. The van der Waals surface area contributed by atoms with Crippen molar-refractivity contribution in [2.45, 2.75) is 19.8 Å². The van der Waals surface area contributed by atoms with E-state index in [9.17, 15) is 9.59 Å². The lowest BCUT2D eigenvalue weighted by Gasteiger charge is -2.34. The second kappa shape index (κ2) is 8.61. The molecule has 6 nitrogen and oxygen atoms in total. The molecule has 156 valence electrons. The van der Waals surface area contributed by atoms with Crippen molar-refractivity contribution >= 4 is 22.7 Å². The molecule has 0 saturated carbocycles. The zero-order chi connectivity index (χ0) is 21.1. The minimum absolute atomic E-state index is 0.0741. The Morgan fingerprint density at radius 1 is 0.967 bits per heavy atom. The summed E-state index contributed by atoms with van der Waals surface area (Å²) in [6.07, 6.45) is 1.11. The average Bonchev–Trinajstić information content (AvgIpc) is 3.16. The van der Waals surface area contributed by atoms with Crippen LogP contribution in [0.15, 0.2) is 48.5 Å². The number of nitrogens with one attached hydrogen (secondary N) is 1. The van der Waals surface area contributed by atoms with Gasteiger partial charge in [-0.25, -0.2) is 0 Å². The molecule has 1 saturated heterocycles. The average molecular weight is 405 g/mol. The summed E-state index contributed by atoms with van der Waals surface area (Å²) < 4.78 is 5.28. The van der Waals surface area contributed by atoms with E-state index in [0.717, 1.165) is 33.5 Å². The first kappa shape index (κ1) is 20.0. The Bertz CT molecular complexity index is 1050. The number of rotatable bonds is 5. The van der Waals surface area contributed by atoms with E-state index >= 15 is 0 Å². The molecule has 0 unspecified atom stereocenters. The van der Waals surface area contributed by atoms with Gasteiger partial charge in [0.1, 0.15) is 5.75 Å². The Balaban J connectivity index is 1.53. The number of para-hydroxylation sites is 1. The highest BCUT2D eigenvalue weighted by Crippen LogP contribution is 2.32. The fraction of sp³-hybridized carbons (Fsp3) is 0.333. The van der Waals surface area contributed by atoms with Crippen LogP contribution in [0.5, 0.6) is 5.75 Å². The van der Waals surface area contributed by atoms with E-state index in [0.29, 0.717) is 39.0 Å². The fourth-order valence-electron chi connectivity index (χ4n) is 4.12. The summed E-state index contributed by atoms with van der Waals surface area (Å²) in [5.74, 6) is 1.03. The normalized spacial score (nSPS) is 14.2. The number of nitrogens with zero attached hydrogens (tertiary/aromatic N) is 2. The van der Waals surface area contributed by atoms with Crippen molar-refractivity contribution in [1.82, 2.24) is 14.8 Å². The van der Waals surface area contributed by atoms with Crippen LogP contribution in [-0.4, -0.2) is 59.9 Å². The SMILES string of the molecule is COc1ccc(-c2[nH]c3ccccc3c2CCC(=O)N2CCN(C(C)=O)CC2)cc1. The van der Waals surface area contributed by atoms with Crippen LogP contribution in [0.2, 0.25) is 0 Å². The van der Waals surface area contributed by atoms with Crippen molar-refractivity contribution < 1.29 is 14.3 Å². The van der Waals surface area contributed by atoms with Gasteiger partial charge in [-0.05, 0) is 47.9 Å². The summed E-state index contributed by atoms with van der Waals surface area (Å²) >= 11 is 0. The molecule has 0 radical (unpaired) electrons. The standard InChI is InChI=1S/C24H27N3O3/c1-17(28)26-13-15-27(16-14-26)23(29)12-11-21-20-5-3-4-6-22(20)25-24(21)18-7-9-19(30-2)10-8-18/h3-10,25H,11-16H2,1-2H3. The predicted octanol–water partition coefficient (Wildman–Crippen LogP) is 3.47. The number of H-pyrrole nitrogens is 1. The summed E-state index contributed by atoms with van der Waals surface area (Å²) in [6, 6.07) is 16.2. The van der Waals surface area contributed by atoms with Gasteiger partial charge in [-0.15, -0.1) is 0 Å². The molecule has 0 aliphatic carbocycles. The number of piperazine rings is 1. The summed E-state index contributed by atoms with van der Waals surface area (Å²) in [4.78, 5) is 31.5. The Hall–Kier alpha value is -3.28. The van der Waals surface area contributed by atoms with Gasteiger partial charge in [0.05, 0.1) is 7.11 Å². The quantitative estimate of drug-likeness (QED) is 0.707. The van der Waals surface area contributed by atoms with Crippen molar-refractivity contribution in [1.29, 1.82) is 0 Å². The molecule has 1 aliphatic rings. The van der Waals surface area contributed by atoms with Crippen LogP contribution in [0, 0.1) is 0 Å². The number of amides is 2. The van der Waals surface area contributed by atoms with Crippen molar-refractivity contribution in [2.75, 3.05) is 33.3 Å². The minimum Gasteiger partial charge on any atom is -0.497 e. The van der Waals surface area contributed by atoms with E-state index in [4.69, 9.17) is 4.74 Å². The third-order valence-corrected chi connectivity index (χ3v) is 5.86. The summed E-state index contributed by atoms with van der Waals surface area (Å²) in [5.41, 5.74) is 4.35. The number of fused-ring (bicyclic) bond motifs is 1. The zero-order valence-electron chi connectivity index (χ0n) is 17.5. The monoisotopic (exact) mass is 405 g/mol. The predicted molar refractivity (Wildman–Crippen MR) is 117 cm³/mol. The number of hydrogen-bond acceptors (Lipinski definition) is 3. The minimum atomic E-state index is 0.0741. The number of benzene rings is 2. The third kappa shape index (κ3) is 4.03. The van der Waals surface area contributed by atoms with E-state index in [2.05, 4.69) is 17.1 Å². The molecule has 0 bridgehead atoms. The first-order valence-electron chi connectivity index (χ1n) is 10.3. The van der Waals surface area contributed by atoms with E-state index < -0.39 is 0 Å². The highest BCUT2D eigenvalue weighted by atomic mass is 16.5. The Morgan fingerprint density at radius 3 is 2.30 bits per heavy atom. The van der Waals surface area contributed by atoms with Crippen LogP contribution in [-0.2, 0) is 16.0 Å². The number of aromatic amines is 1. The van der Waals surface area contributed by atoms with Gasteiger partial charge in [-0.2, -0.15) is 0 Å². The van der Waals surface area contributed by atoms with Crippen molar-refractivity contribution in [3.8, 4) is 17.0 Å². The molecular weight excluding hydrogens is 378 g/mol. The molecule has 6 heteroatoms. The van der Waals surface area contributed by atoms with Crippen LogP contribution >= 0.6 is 0 Å². The number of hydrogen-bond donors (Lipinski definition) is 1.